The summed E-state index contributed by atoms with van der Waals surface area (Å²) in [4.78, 5) is 16.0. The first-order valence-corrected chi connectivity index (χ1v) is 8.35. The number of aromatic hydroxyl groups is 1. The number of anilines is 1. The predicted molar refractivity (Wildman–Crippen MR) is 103 cm³/mol. The van der Waals surface area contributed by atoms with Gasteiger partial charge in [-0.05, 0) is 70.7 Å². The fourth-order valence-electron chi connectivity index (χ4n) is 2.33. The molecule has 0 atom stereocenters. The van der Waals surface area contributed by atoms with Crippen LogP contribution in [0.2, 0.25) is 0 Å². The number of halogens is 1. The highest BCUT2D eigenvalue weighted by atomic mass is 127. The van der Waals surface area contributed by atoms with Crippen LogP contribution < -0.4 is 4.90 Å². The smallest absolute Gasteiger partial charge is 0.281 e. The highest BCUT2D eigenvalue weighted by Gasteiger charge is 2.36. The minimum absolute atomic E-state index is 0.160. The topological polar surface area (TPSA) is 43.8 Å². The standard InChI is InChI=1S/C17H13IN2O2S/c1-19-14(10-11-7-8-15(21)13(18)9-11)16(22)20(17(19)23)12-5-3-2-4-6-12/h2-10,21H,1H3/b14-10-. The Kier molecular flexibility index (Phi) is 4.36. The number of nitrogens with zero attached hydrogens (tertiary/aromatic N) is 2. The number of amides is 1. The Hall–Kier alpha value is -1.93. The first-order chi connectivity index (χ1) is 11.0. The number of carbonyl (C=O) groups excluding carboxylic acids is 1. The molecule has 0 radical (unpaired) electrons. The molecule has 1 saturated heterocycles. The van der Waals surface area contributed by atoms with Crippen LogP contribution in [-0.4, -0.2) is 28.1 Å². The van der Waals surface area contributed by atoms with Crippen LogP contribution in [-0.2, 0) is 4.79 Å². The number of phenolic OH excluding ortho intramolecular Hbond substituents is 1. The van der Waals surface area contributed by atoms with Crippen molar-refractivity contribution in [3.8, 4) is 5.75 Å². The van der Waals surface area contributed by atoms with Crippen molar-refractivity contribution < 1.29 is 9.90 Å². The van der Waals surface area contributed by atoms with Gasteiger partial charge < -0.3 is 10.0 Å². The quantitative estimate of drug-likeness (QED) is 0.444. The van der Waals surface area contributed by atoms with Crippen LogP contribution in [0, 0.1) is 3.57 Å². The molecular formula is C17H13IN2O2S. The third kappa shape index (κ3) is 2.96. The summed E-state index contributed by atoms with van der Waals surface area (Å²) in [5, 5.41) is 10.1. The maximum Gasteiger partial charge on any atom is 0.281 e. The van der Waals surface area contributed by atoms with E-state index in [1.54, 1.807) is 30.2 Å². The van der Waals surface area contributed by atoms with E-state index in [1.807, 2.05) is 36.4 Å². The summed E-state index contributed by atoms with van der Waals surface area (Å²) in [7, 11) is 1.78. The number of phenols is 1. The Morgan fingerprint density at radius 1 is 1.17 bits per heavy atom. The number of benzene rings is 2. The van der Waals surface area contributed by atoms with Crippen LogP contribution in [0.4, 0.5) is 5.69 Å². The van der Waals surface area contributed by atoms with Gasteiger partial charge in [0.25, 0.3) is 5.91 Å². The van der Waals surface area contributed by atoms with Gasteiger partial charge in [-0.1, -0.05) is 24.3 Å². The molecular weight excluding hydrogens is 423 g/mol. The Balaban J connectivity index is 2.00. The van der Waals surface area contributed by atoms with Gasteiger partial charge in [-0.25, -0.2) is 0 Å². The lowest BCUT2D eigenvalue weighted by Crippen LogP contribution is -2.30. The number of hydrogen-bond donors (Lipinski definition) is 1. The SMILES string of the molecule is CN1C(=S)N(c2ccccc2)C(=O)/C1=C/c1ccc(O)c(I)c1. The third-order valence-electron chi connectivity index (χ3n) is 3.55. The molecule has 0 aromatic heterocycles. The maximum absolute atomic E-state index is 12.8. The fourth-order valence-corrected chi connectivity index (χ4v) is 3.16. The maximum atomic E-state index is 12.8. The molecule has 3 rings (SSSR count). The van der Waals surface area contributed by atoms with Crippen molar-refractivity contribution in [1.29, 1.82) is 0 Å². The summed E-state index contributed by atoms with van der Waals surface area (Å²) < 4.78 is 0.729. The van der Waals surface area contributed by atoms with E-state index in [1.165, 1.54) is 4.90 Å². The molecule has 0 aliphatic carbocycles. The zero-order valence-corrected chi connectivity index (χ0v) is 15.2. The lowest BCUT2D eigenvalue weighted by Gasteiger charge is -2.16. The van der Waals surface area contributed by atoms with Gasteiger partial charge in [-0.3, -0.25) is 9.69 Å². The summed E-state index contributed by atoms with van der Waals surface area (Å²) in [6.07, 6.45) is 1.78. The van der Waals surface area contributed by atoms with Gasteiger partial charge in [0.1, 0.15) is 11.4 Å². The summed E-state index contributed by atoms with van der Waals surface area (Å²) >= 11 is 7.46. The second-order valence-corrected chi connectivity index (χ2v) is 6.59. The molecule has 1 N–H and O–H groups in total. The van der Waals surface area contributed by atoms with E-state index < -0.39 is 0 Å². The molecule has 2 aromatic rings. The highest BCUT2D eigenvalue weighted by molar-refractivity contribution is 14.1. The molecule has 1 amide bonds. The lowest BCUT2D eigenvalue weighted by molar-refractivity contribution is -0.114. The molecule has 1 aliphatic heterocycles. The van der Waals surface area contributed by atoms with Crippen molar-refractivity contribution in [3.05, 3.63) is 63.4 Å². The van der Waals surface area contributed by atoms with Crippen molar-refractivity contribution in [2.75, 3.05) is 11.9 Å². The minimum Gasteiger partial charge on any atom is -0.507 e. The molecule has 6 heteroatoms. The van der Waals surface area contributed by atoms with Gasteiger partial charge in [0.05, 0.1) is 9.26 Å². The first-order valence-electron chi connectivity index (χ1n) is 6.86. The Morgan fingerprint density at radius 2 is 1.87 bits per heavy atom. The van der Waals surface area contributed by atoms with Crippen molar-refractivity contribution in [3.63, 3.8) is 0 Å². The van der Waals surface area contributed by atoms with Gasteiger partial charge in [0.15, 0.2) is 5.11 Å². The van der Waals surface area contributed by atoms with E-state index in [-0.39, 0.29) is 11.7 Å². The number of rotatable bonds is 2. The first kappa shape index (κ1) is 15.9. The van der Waals surface area contributed by atoms with Crippen molar-refractivity contribution in [2.45, 2.75) is 0 Å². The van der Waals surface area contributed by atoms with E-state index in [2.05, 4.69) is 22.6 Å². The molecule has 0 bridgehead atoms. The largest absolute Gasteiger partial charge is 0.507 e. The lowest BCUT2D eigenvalue weighted by atomic mass is 10.1. The molecule has 1 fully saturated rings. The van der Waals surface area contributed by atoms with Crippen molar-refractivity contribution >= 4 is 57.6 Å². The molecule has 1 heterocycles. The Labute approximate surface area is 153 Å². The number of carbonyl (C=O) groups is 1. The van der Waals surface area contributed by atoms with Gasteiger partial charge >= 0.3 is 0 Å². The molecule has 0 saturated carbocycles. The molecule has 2 aromatic carbocycles. The monoisotopic (exact) mass is 436 g/mol. The number of hydrogen-bond acceptors (Lipinski definition) is 3. The average molecular weight is 436 g/mol. The molecule has 0 unspecified atom stereocenters. The summed E-state index contributed by atoms with van der Waals surface area (Å²) in [5.41, 5.74) is 2.08. The van der Waals surface area contributed by atoms with Crippen LogP contribution >= 0.6 is 34.8 Å². The second kappa shape index (κ2) is 6.29. The average Bonchev–Trinajstić information content (AvgIpc) is 2.75. The van der Waals surface area contributed by atoms with E-state index in [0.29, 0.717) is 10.8 Å². The minimum atomic E-state index is -0.160. The van der Waals surface area contributed by atoms with Crippen LogP contribution in [0.3, 0.4) is 0 Å². The fraction of sp³-hybridized carbons (Fsp3) is 0.0588. The second-order valence-electron chi connectivity index (χ2n) is 5.06. The number of para-hydroxylation sites is 1. The molecule has 4 nitrogen and oxygen atoms in total. The number of thiocarbonyl (C=S) groups is 1. The molecule has 0 spiro atoms. The van der Waals surface area contributed by atoms with Crippen LogP contribution in [0.1, 0.15) is 5.56 Å². The number of likely N-dealkylation sites (N-methyl/N-ethyl adjacent to an activating group) is 1. The predicted octanol–water partition coefficient (Wildman–Crippen LogP) is 3.60. The van der Waals surface area contributed by atoms with E-state index in [9.17, 15) is 9.90 Å². The summed E-state index contributed by atoms with van der Waals surface area (Å²) in [5.74, 6) is 0.0621. The van der Waals surface area contributed by atoms with Crippen LogP contribution in [0.25, 0.3) is 6.08 Å². The van der Waals surface area contributed by atoms with Gasteiger partial charge in [-0.15, -0.1) is 0 Å². The van der Waals surface area contributed by atoms with E-state index >= 15 is 0 Å². The molecule has 1 aliphatic rings. The third-order valence-corrected chi connectivity index (χ3v) is 4.87. The zero-order valence-electron chi connectivity index (χ0n) is 12.2. The summed E-state index contributed by atoms with van der Waals surface area (Å²) in [6.45, 7) is 0. The van der Waals surface area contributed by atoms with Gasteiger partial charge in [-0.2, -0.15) is 0 Å². The van der Waals surface area contributed by atoms with Crippen molar-refractivity contribution in [1.82, 2.24) is 4.90 Å². The van der Waals surface area contributed by atoms with E-state index in [4.69, 9.17) is 12.2 Å². The van der Waals surface area contributed by atoms with Gasteiger partial charge in [0.2, 0.25) is 0 Å². The van der Waals surface area contributed by atoms with Crippen molar-refractivity contribution in [2.24, 2.45) is 0 Å². The molecule has 116 valence electrons. The van der Waals surface area contributed by atoms with E-state index in [0.717, 1.165) is 14.8 Å². The van der Waals surface area contributed by atoms with Gasteiger partial charge in [0, 0.05) is 7.05 Å². The zero-order chi connectivity index (χ0) is 16.6. The highest BCUT2D eigenvalue weighted by Crippen LogP contribution is 2.28. The Morgan fingerprint density at radius 3 is 2.52 bits per heavy atom. The molecule has 23 heavy (non-hydrogen) atoms. The summed E-state index contributed by atoms with van der Waals surface area (Å²) in [6, 6.07) is 14.5. The van der Waals surface area contributed by atoms with Crippen LogP contribution in [0.5, 0.6) is 5.75 Å². The van der Waals surface area contributed by atoms with Crippen LogP contribution in [0.15, 0.2) is 54.2 Å². The Bertz CT molecular complexity index is 821. The normalized spacial score (nSPS) is 16.5.